The fourth-order valence-electron chi connectivity index (χ4n) is 3.64. The molecule has 0 saturated carbocycles. The second-order valence-corrected chi connectivity index (χ2v) is 9.72. The van der Waals surface area contributed by atoms with Gasteiger partial charge in [-0.25, -0.2) is 13.4 Å². The summed E-state index contributed by atoms with van der Waals surface area (Å²) < 4.78 is 39.1. The molecule has 3 aromatic carbocycles. The average molecular weight is 494 g/mol. The molecule has 0 fully saturated rings. The molecule has 0 atom stereocenters. The summed E-state index contributed by atoms with van der Waals surface area (Å²) in [6.07, 6.45) is 0.400. The molecule has 8 nitrogen and oxygen atoms in total. The summed E-state index contributed by atoms with van der Waals surface area (Å²) in [5.41, 5.74) is 1.66. The maximum absolute atomic E-state index is 13.0. The number of sulfonamides is 1. The molecular weight excluding hydrogens is 466 g/mol. The number of oxazole rings is 1. The Morgan fingerprint density at radius 1 is 1.00 bits per heavy atom. The van der Waals surface area contributed by atoms with Gasteiger partial charge in [-0.2, -0.15) is 4.31 Å². The van der Waals surface area contributed by atoms with Gasteiger partial charge >= 0.3 is 0 Å². The van der Waals surface area contributed by atoms with Gasteiger partial charge in [0, 0.05) is 25.9 Å². The van der Waals surface area contributed by atoms with Crippen LogP contribution in [0.25, 0.3) is 11.1 Å². The van der Waals surface area contributed by atoms with E-state index in [9.17, 15) is 13.2 Å². The highest BCUT2D eigenvalue weighted by Gasteiger charge is 2.23. The molecule has 1 N–H and O–H groups in total. The van der Waals surface area contributed by atoms with Gasteiger partial charge in [-0.15, -0.1) is 0 Å². The highest BCUT2D eigenvalue weighted by atomic mass is 32.2. The van der Waals surface area contributed by atoms with E-state index < -0.39 is 10.0 Å². The van der Waals surface area contributed by atoms with E-state index in [1.54, 1.807) is 32.0 Å². The fourth-order valence-corrected chi connectivity index (χ4v) is 5.13. The molecule has 0 unspecified atom stereocenters. The van der Waals surface area contributed by atoms with Crippen LogP contribution in [0.5, 0.6) is 11.5 Å². The normalized spacial score (nSPS) is 11.6. The Balaban J connectivity index is 1.57. The van der Waals surface area contributed by atoms with Crippen molar-refractivity contribution in [2.75, 3.05) is 18.4 Å². The molecule has 0 saturated heterocycles. The fraction of sp³-hybridized carbons (Fsp3) is 0.231. The number of hydrogen-bond donors (Lipinski definition) is 1. The number of anilines is 1. The molecule has 0 radical (unpaired) electrons. The minimum absolute atomic E-state index is 0.0795. The van der Waals surface area contributed by atoms with Crippen LogP contribution in [0, 0.1) is 0 Å². The van der Waals surface area contributed by atoms with Gasteiger partial charge in [0.05, 0.1) is 10.6 Å². The van der Waals surface area contributed by atoms with E-state index in [1.807, 2.05) is 42.5 Å². The molecule has 0 spiro atoms. The lowest BCUT2D eigenvalue weighted by Gasteiger charge is -2.20. The van der Waals surface area contributed by atoms with Crippen molar-refractivity contribution < 1.29 is 22.4 Å². The minimum atomic E-state index is -3.72. The van der Waals surface area contributed by atoms with Crippen molar-refractivity contribution in [3.8, 4) is 11.5 Å². The quantitative estimate of drug-likeness (QED) is 0.325. The lowest BCUT2D eigenvalue weighted by molar-refractivity contribution is -0.116. The van der Waals surface area contributed by atoms with Crippen LogP contribution in [0.15, 0.2) is 82.1 Å². The Labute approximate surface area is 204 Å². The highest BCUT2D eigenvalue weighted by molar-refractivity contribution is 7.89. The third kappa shape index (κ3) is 5.70. The first-order valence-corrected chi connectivity index (χ1v) is 12.9. The second kappa shape index (κ2) is 10.7. The number of ether oxygens (including phenoxy) is 1. The first kappa shape index (κ1) is 24.4. The maximum atomic E-state index is 13.0. The molecular formula is C26H27N3O5S. The Kier molecular flexibility index (Phi) is 7.48. The Morgan fingerprint density at radius 3 is 2.43 bits per heavy atom. The topological polar surface area (TPSA) is 102 Å². The molecule has 0 bridgehead atoms. The van der Waals surface area contributed by atoms with E-state index in [0.717, 1.165) is 5.52 Å². The number of nitrogens with zero attached hydrogens (tertiary/aromatic N) is 2. The molecule has 1 aromatic heterocycles. The number of benzene rings is 3. The summed E-state index contributed by atoms with van der Waals surface area (Å²) >= 11 is 0. The van der Waals surface area contributed by atoms with Crippen molar-refractivity contribution in [2.45, 2.75) is 31.6 Å². The number of aryl methyl sites for hydroxylation is 1. The number of nitrogens with one attached hydrogen (secondary N) is 1. The molecule has 0 aliphatic carbocycles. The van der Waals surface area contributed by atoms with Crippen molar-refractivity contribution in [3.05, 3.63) is 78.7 Å². The molecule has 1 amide bonds. The summed E-state index contributed by atoms with van der Waals surface area (Å²) in [6, 6.07) is 20.9. The van der Waals surface area contributed by atoms with Crippen LogP contribution in [0.3, 0.4) is 0 Å². The zero-order valence-corrected chi connectivity index (χ0v) is 20.4. The van der Waals surface area contributed by atoms with Gasteiger partial charge in [-0.05, 0) is 42.5 Å². The van der Waals surface area contributed by atoms with Gasteiger partial charge in [0.25, 0.3) is 0 Å². The zero-order chi connectivity index (χ0) is 24.8. The first-order valence-electron chi connectivity index (χ1n) is 11.4. The average Bonchev–Trinajstić information content (AvgIpc) is 3.28. The highest BCUT2D eigenvalue weighted by Crippen LogP contribution is 2.33. The standard InChI is InChI=1S/C26H27N3O5S/c1-3-29(4-2)35(31,32)20-14-15-24(33-19-10-6-5-7-11-19)22(18-20)27-25(30)16-17-26-28-21-12-8-9-13-23(21)34-26/h5-15,18H,3-4,16-17H2,1-2H3,(H,27,30). The van der Waals surface area contributed by atoms with E-state index in [-0.39, 0.29) is 22.9 Å². The Hall–Kier alpha value is -3.69. The van der Waals surface area contributed by atoms with E-state index >= 15 is 0 Å². The maximum Gasteiger partial charge on any atom is 0.243 e. The number of rotatable bonds is 10. The summed E-state index contributed by atoms with van der Waals surface area (Å²) in [4.78, 5) is 17.3. The lowest BCUT2D eigenvalue weighted by atomic mass is 10.2. The van der Waals surface area contributed by atoms with Crippen LogP contribution in [0.2, 0.25) is 0 Å². The smallest absolute Gasteiger partial charge is 0.243 e. The summed E-state index contributed by atoms with van der Waals surface area (Å²) in [7, 11) is -3.72. The van der Waals surface area contributed by atoms with Crippen molar-refractivity contribution >= 4 is 32.7 Å². The van der Waals surface area contributed by atoms with Gasteiger partial charge < -0.3 is 14.5 Å². The number of aromatic nitrogens is 1. The predicted octanol–water partition coefficient (Wildman–Crippen LogP) is 5.22. The number of hydrogen-bond acceptors (Lipinski definition) is 6. The largest absolute Gasteiger partial charge is 0.455 e. The van der Waals surface area contributed by atoms with Crippen LogP contribution < -0.4 is 10.1 Å². The van der Waals surface area contributed by atoms with Crippen molar-refractivity contribution in [2.24, 2.45) is 0 Å². The van der Waals surface area contributed by atoms with Crippen LogP contribution >= 0.6 is 0 Å². The van der Waals surface area contributed by atoms with E-state index in [0.29, 0.717) is 42.5 Å². The van der Waals surface area contributed by atoms with Gasteiger partial charge in [0.1, 0.15) is 11.3 Å². The minimum Gasteiger partial charge on any atom is -0.455 e. The van der Waals surface area contributed by atoms with E-state index in [2.05, 4.69) is 10.3 Å². The number of carbonyl (C=O) groups excluding carboxylic acids is 1. The van der Waals surface area contributed by atoms with Crippen LogP contribution in [-0.4, -0.2) is 36.7 Å². The lowest BCUT2D eigenvalue weighted by Crippen LogP contribution is -2.30. The first-order chi connectivity index (χ1) is 16.9. The van der Waals surface area contributed by atoms with Gasteiger partial charge in [0.2, 0.25) is 15.9 Å². The van der Waals surface area contributed by atoms with Crippen LogP contribution in [0.4, 0.5) is 5.69 Å². The van der Waals surface area contributed by atoms with Crippen LogP contribution in [-0.2, 0) is 21.2 Å². The summed E-state index contributed by atoms with van der Waals surface area (Å²) in [6.45, 7) is 4.24. The van der Waals surface area contributed by atoms with Crippen molar-refractivity contribution in [3.63, 3.8) is 0 Å². The monoisotopic (exact) mass is 493 g/mol. The number of amides is 1. The third-order valence-corrected chi connectivity index (χ3v) is 7.49. The SMILES string of the molecule is CCN(CC)S(=O)(=O)c1ccc(Oc2ccccc2)c(NC(=O)CCc2nc3ccccc3o2)c1. The molecule has 4 aromatic rings. The second-order valence-electron chi connectivity index (χ2n) is 7.79. The zero-order valence-electron chi connectivity index (χ0n) is 19.6. The Bertz CT molecular complexity index is 1380. The molecule has 182 valence electrons. The van der Waals surface area contributed by atoms with Crippen molar-refractivity contribution in [1.29, 1.82) is 0 Å². The molecule has 9 heteroatoms. The predicted molar refractivity (Wildman–Crippen MR) is 134 cm³/mol. The number of para-hydroxylation sites is 3. The number of carbonyl (C=O) groups is 1. The molecule has 0 aliphatic heterocycles. The summed E-state index contributed by atoms with van der Waals surface area (Å²) in [5.74, 6) is 1.04. The summed E-state index contributed by atoms with van der Waals surface area (Å²) in [5, 5.41) is 2.81. The number of fused-ring (bicyclic) bond motifs is 1. The molecule has 1 heterocycles. The van der Waals surface area contributed by atoms with Gasteiger partial charge in [-0.3, -0.25) is 4.79 Å². The molecule has 4 rings (SSSR count). The van der Waals surface area contributed by atoms with Gasteiger partial charge in [0.15, 0.2) is 17.2 Å². The third-order valence-electron chi connectivity index (χ3n) is 5.44. The van der Waals surface area contributed by atoms with Crippen molar-refractivity contribution in [1.82, 2.24) is 9.29 Å². The van der Waals surface area contributed by atoms with E-state index in [1.165, 1.54) is 16.4 Å². The molecule has 35 heavy (non-hydrogen) atoms. The Morgan fingerprint density at radius 2 is 1.71 bits per heavy atom. The van der Waals surface area contributed by atoms with Gasteiger partial charge in [-0.1, -0.05) is 44.2 Å². The van der Waals surface area contributed by atoms with E-state index in [4.69, 9.17) is 9.15 Å². The van der Waals surface area contributed by atoms with Crippen LogP contribution in [0.1, 0.15) is 26.2 Å². The molecule has 0 aliphatic rings.